The van der Waals surface area contributed by atoms with Gasteiger partial charge in [0.15, 0.2) is 6.10 Å². The lowest BCUT2D eigenvalue weighted by atomic mass is 9.66. The van der Waals surface area contributed by atoms with Crippen molar-refractivity contribution in [3.63, 3.8) is 0 Å². The van der Waals surface area contributed by atoms with Gasteiger partial charge in [0, 0.05) is 29.0 Å². The van der Waals surface area contributed by atoms with E-state index in [9.17, 15) is 14.7 Å². The summed E-state index contributed by atoms with van der Waals surface area (Å²) in [4.78, 5) is 28.0. The summed E-state index contributed by atoms with van der Waals surface area (Å²) in [7, 11) is 0. The first kappa shape index (κ1) is 24.6. The standard InChI is InChI=1S/C30H35NO5/c1-18-19(2)29(33)36-27-20(3)25(14-13-23(18)27)35-21(4)28(32)31-17-16-30(34)15-9-8-12-24(30)26(31)22-10-6-5-7-11-22/h5-7,10-11,13-14,21,24,26,34H,8-9,12,15-17H2,1-4H3/t21-,24+,26-,30-/m1/s1. The van der Waals surface area contributed by atoms with E-state index in [1.807, 2.05) is 49.1 Å². The number of nitrogens with zero attached hydrogens (tertiary/aromatic N) is 1. The van der Waals surface area contributed by atoms with Crippen LogP contribution in [-0.2, 0) is 4.79 Å². The molecule has 36 heavy (non-hydrogen) atoms. The molecule has 1 aliphatic carbocycles. The fraction of sp³-hybridized carbons (Fsp3) is 0.467. The minimum absolute atomic E-state index is 0.00134. The number of amides is 1. The molecule has 6 nitrogen and oxygen atoms in total. The van der Waals surface area contributed by atoms with Crippen LogP contribution in [0.4, 0.5) is 0 Å². The van der Waals surface area contributed by atoms with Gasteiger partial charge in [-0.15, -0.1) is 0 Å². The van der Waals surface area contributed by atoms with Crippen LogP contribution in [0.1, 0.15) is 67.3 Å². The first-order valence-electron chi connectivity index (χ1n) is 13.0. The molecule has 6 heteroatoms. The van der Waals surface area contributed by atoms with E-state index in [1.165, 1.54) is 0 Å². The molecule has 1 aromatic heterocycles. The molecule has 2 aromatic carbocycles. The highest BCUT2D eigenvalue weighted by atomic mass is 16.5. The fourth-order valence-electron chi connectivity index (χ4n) is 6.22. The van der Waals surface area contributed by atoms with Crippen LogP contribution in [0.5, 0.6) is 5.75 Å². The van der Waals surface area contributed by atoms with Crippen molar-refractivity contribution in [1.82, 2.24) is 4.90 Å². The molecule has 2 aliphatic rings. The molecule has 0 unspecified atom stereocenters. The van der Waals surface area contributed by atoms with E-state index < -0.39 is 11.7 Å². The van der Waals surface area contributed by atoms with Crippen molar-refractivity contribution in [2.75, 3.05) is 6.54 Å². The molecule has 3 aromatic rings. The lowest BCUT2D eigenvalue weighted by Crippen LogP contribution is -2.58. The number of ether oxygens (including phenoxy) is 1. The topological polar surface area (TPSA) is 80.0 Å². The number of rotatable bonds is 4. The minimum atomic E-state index is -0.736. The predicted octanol–water partition coefficient (Wildman–Crippen LogP) is 5.38. The van der Waals surface area contributed by atoms with E-state index in [1.54, 1.807) is 13.8 Å². The smallest absolute Gasteiger partial charge is 0.339 e. The van der Waals surface area contributed by atoms with Gasteiger partial charge in [-0.2, -0.15) is 0 Å². The average molecular weight is 490 g/mol. The molecule has 5 rings (SSSR count). The van der Waals surface area contributed by atoms with Crippen LogP contribution in [0, 0.1) is 26.7 Å². The summed E-state index contributed by atoms with van der Waals surface area (Å²) < 4.78 is 11.8. The Morgan fingerprint density at radius 3 is 2.56 bits per heavy atom. The molecule has 0 spiro atoms. The van der Waals surface area contributed by atoms with Gasteiger partial charge in [-0.1, -0.05) is 43.2 Å². The number of hydrogen-bond acceptors (Lipinski definition) is 5. The van der Waals surface area contributed by atoms with Gasteiger partial charge in [0.25, 0.3) is 5.91 Å². The van der Waals surface area contributed by atoms with Crippen molar-refractivity contribution >= 4 is 16.9 Å². The number of carbonyl (C=O) groups excluding carboxylic acids is 1. The number of carbonyl (C=O) groups is 1. The maximum Gasteiger partial charge on any atom is 0.339 e. The summed E-state index contributed by atoms with van der Waals surface area (Å²) in [6.07, 6.45) is 3.62. The zero-order chi connectivity index (χ0) is 25.6. The van der Waals surface area contributed by atoms with E-state index in [0.29, 0.717) is 35.4 Å². The number of aliphatic hydroxyl groups is 1. The average Bonchev–Trinajstić information content (AvgIpc) is 2.88. The molecular weight excluding hydrogens is 454 g/mol. The zero-order valence-corrected chi connectivity index (χ0v) is 21.5. The van der Waals surface area contributed by atoms with Crippen molar-refractivity contribution in [1.29, 1.82) is 0 Å². The maximum absolute atomic E-state index is 13.8. The Balaban J connectivity index is 1.45. The van der Waals surface area contributed by atoms with Gasteiger partial charge in [-0.3, -0.25) is 4.79 Å². The van der Waals surface area contributed by atoms with E-state index in [-0.39, 0.29) is 23.5 Å². The molecule has 2 fully saturated rings. The van der Waals surface area contributed by atoms with Crippen LogP contribution in [0.25, 0.3) is 11.0 Å². The lowest BCUT2D eigenvalue weighted by molar-refractivity contribution is -0.161. The first-order chi connectivity index (χ1) is 17.2. The van der Waals surface area contributed by atoms with Gasteiger partial charge in [-0.05, 0) is 70.2 Å². The van der Waals surface area contributed by atoms with Crippen LogP contribution < -0.4 is 10.4 Å². The predicted molar refractivity (Wildman–Crippen MR) is 139 cm³/mol. The third kappa shape index (κ3) is 4.11. The van der Waals surface area contributed by atoms with Crippen LogP contribution in [0.3, 0.4) is 0 Å². The van der Waals surface area contributed by atoms with E-state index in [2.05, 4.69) is 12.1 Å². The summed E-state index contributed by atoms with van der Waals surface area (Å²) >= 11 is 0. The van der Waals surface area contributed by atoms with Gasteiger partial charge in [0.2, 0.25) is 0 Å². The number of fused-ring (bicyclic) bond motifs is 2. The molecule has 0 bridgehead atoms. The largest absolute Gasteiger partial charge is 0.480 e. The van der Waals surface area contributed by atoms with Gasteiger partial charge in [-0.25, -0.2) is 4.79 Å². The Labute approximate surface area is 211 Å². The summed E-state index contributed by atoms with van der Waals surface area (Å²) in [5.74, 6) is 0.427. The summed E-state index contributed by atoms with van der Waals surface area (Å²) in [5.41, 5.74) is 2.64. The third-order valence-electron chi connectivity index (χ3n) is 8.47. The van der Waals surface area contributed by atoms with Crippen LogP contribution in [-0.4, -0.2) is 34.2 Å². The van der Waals surface area contributed by atoms with Crippen LogP contribution >= 0.6 is 0 Å². The molecular formula is C30H35NO5. The van der Waals surface area contributed by atoms with Crippen LogP contribution in [0.2, 0.25) is 0 Å². The maximum atomic E-state index is 13.8. The fourth-order valence-corrected chi connectivity index (χ4v) is 6.22. The minimum Gasteiger partial charge on any atom is -0.480 e. The summed E-state index contributed by atoms with van der Waals surface area (Å²) in [6.45, 7) is 7.78. The Hall–Kier alpha value is -3.12. The second-order valence-electron chi connectivity index (χ2n) is 10.6. The van der Waals surface area contributed by atoms with Gasteiger partial charge in [0.05, 0.1) is 11.6 Å². The summed E-state index contributed by atoms with van der Waals surface area (Å²) in [5, 5.41) is 12.4. The normalized spacial score (nSPS) is 24.9. The van der Waals surface area contributed by atoms with Gasteiger partial charge < -0.3 is 19.2 Å². The zero-order valence-electron chi connectivity index (χ0n) is 21.5. The van der Waals surface area contributed by atoms with E-state index in [0.717, 1.165) is 42.2 Å². The van der Waals surface area contributed by atoms with E-state index in [4.69, 9.17) is 9.15 Å². The van der Waals surface area contributed by atoms with Crippen LogP contribution in [0.15, 0.2) is 51.7 Å². The summed E-state index contributed by atoms with van der Waals surface area (Å²) in [6, 6.07) is 13.6. The SMILES string of the molecule is Cc1c(C)c2ccc(O[C@H](C)C(=O)N3CC[C@]4(O)CCCC[C@H]4[C@H]3c3ccccc3)c(C)c2oc1=O. The number of likely N-dealkylation sites (tertiary alicyclic amines) is 1. The molecule has 1 aliphatic heterocycles. The second-order valence-corrected chi connectivity index (χ2v) is 10.6. The first-order valence-corrected chi connectivity index (χ1v) is 13.0. The van der Waals surface area contributed by atoms with Crippen molar-refractivity contribution in [3.05, 3.63) is 75.1 Å². The van der Waals surface area contributed by atoms with E-state index >= 15 is 0 Å². The van der Waals surface area contributed by atoms with Crippen molar-refractivity contribution in [3.8, 4) is 5.75 Å². The monoisotopic (exact) mass is 489 g/mol. The number of piperidine rings is 1. The van der Waals surface area contributed by atoms with Gasteiger partial charge >= 0.3 is 5.63 Å². The molecule has 1 amide bonds. The lowest BCUT2D eigenvalue weighted by Gasteiger charge is -2.53. The molecule has 1 saturated carbocycles. The molecule has 190 valence electrons. The number of aryl methyl sites for hydroxylation is 2. The van der Waals surface area contributed by atoms with Crippen molar-refractivity contribution < 1.29 is 19.1 Å². The van der Waals surface area contributed by atoms with Crippen molar-refractivity contribution in [2.24, 2.45) is 5.92 Å². The van der Waals surface area contributed by atoms with Crippen molar-refractivity contribution in [2.45, 2.75) is 77.5 Å². The number of benzene rings is 2. The molecule has 4 atom stereocenters. The third-order valence-corrected chi connectivity index (χ3v) is 8.47. The molecule has 1 saturated heterocycles. The molecule has 0 radical (unpaired) electrons. The Kier molecular flexibility index (Phi) is 6.41. The number of hydrogen-bond donors (Lipinski definition) is 1. The Morgan fingerprint density at radius 2 is 1.81 bits per heavy atom. The quantitative estimate of drug-likeness (QED) is 0.498. The Bertz CT molecular complexity index is 1350. The highest BCUT2D eigenvalue weighted by Crippen LogP contribution is 2.49. The molecule has 2 heterocycles. The van der Waals surface area contributed by atoms with Gasteiger partial charge in [0.1, 0.15) is 11.3 Å². The highest BCUT2D eigenvalue weighted by molar-refractivity contribution is 5.86. The Morgan fingerprint density at radius 1 is 1.06 bits per heavy atom. The second kappa shape index (κ2) is 9.40. The molecule has 1 N–H and O–H groups in total. The highest BCUT2D eigenvalue weighted by Gasteiger charge is 2.50.